The predicted molar refractivity (Wildman–Crippen MR) is 57.7 cm³/mol. The summed E-state index contributed by atoms with van der Waals surface area (Å²) in [5.41, 5.74) is -0.0539. The van der Waals surface area contributed by atoms with Gasteiger partial charge in [0.05, 0.1) is 0 Å². The van der Waals surface area contributed by atoms with Gasteiger partial charge in [-0.3, -0.25) is 13.9 Å². The first-order chi connectivity index (χ1) is 7.19. The van der Waals surface area contributed by atoms with Crippen LogP contribution in [0.2, 0.25) is 0 Å². The number of nitrogens with zero attached hydrogens (tertiary/aromatic N) is 2. The molecule has 1 rings (SSSR count). The third-order valence-electron chi connectivity index (χ3n) is 2.21. The fourth-order valence-electron chi connectivity index (χ4n) is 1.37. The van der Waals surface area contributed by atoms with Crippen molar-refractivity contribution in [3.05, 3.63) is 22.9 Å². The minimum atomic E-state index is -0.0539. The fraction of sp³-hybridized carbons (Fsp3) is 0.600. The van der Waals surface area contributed by atoms with E-state index in [2.05, 4.69) is 5.32 Å². The zero-order valence-electron chi connectivity index (χ0n) is 9.19. The third-order valence-corrected chi connectivity index (χ3v) is 2.21. The summed E-state index contributed by atoms with van der Waals surface area (Å²) in [6, 6.07) is 0. The van der Waals surface area contributed by atoms with Crippen LogP contribution in [0.1, 0.15) is 20.3 Å². The van der Waals surface area contributed by atoms with Crippen LogP contribution in [0.3, 0.4) is 0 Å². The molecule has 15 heavy (non-hydrogen) atoms. The summed E-state index contributed by atoms with van der Waals surface area (Å²) >= 11 is 0. The maximum atomic E-state index is 11.6. The van der Waals surface area contributed by atoms with Crippen LogP contribution >= 0.6 is 0 Å². The molecular formula is C10H17N3O2. The number of amides is 1. The molecule has 0 fully saturated rings. The lowest BCUT2D eigenvalue weighted by Gasteiger charge is -2.02. The van der Waals surface area contributed by atoms with Crippen molar-refractivity contribution in [1.29, 1.82) is 0 Å². The first kappa shape index (κ1) is 11.6. The molecule has 5 heteroatoms. The summed E-state index contributed by atoms with van der Waals surface area (Å²) in [7, 11) is 0. The van der Waals surface area contributed by atoms with Crippen LogP contribution in [0.5, 0.6) is 0 Å². The fourth-order valence-corrected chi connectivity index (χ4v) is 1.37. The zero-order chi connectivity index (χ0) is 11.3. The Bertz CT molecular complexity index is 378. The molecule has 0 spiro atoms. The smallest absolute Gasteiger partial charge is 0.328 e. The van der Waals surface area contributed by atoms with Gasteiger partial charge in [0.25, 0.3) is 0 Å². The SMILES string of the molecule is CCNC(=O)CCn1ccn(CC)c1=O. The van der Waals surface area contributed by atoms with Crippen LogP contribution in [0.4, 0.5) is 0 Å². The van der Waals surface area contributed by atoms with E-state index in [1.54, 1.807) is 21.5 Å². The Labute approximate surface area is 88.7 Å². The van der Waals surface area contributed by atoms with Gasteiger partial charge in [0, 0.05) is 38.4 Å². The van der Waals surface area contributed by atoms with Crippen LogP contribution in [0, 0.1) is 0 Å². The zero-order valence-corrected chi connectivity index (χ0v) is 9.19. The van der Waals surface area contributed by atoms with Gasteiger partial charge in [-0.1, -0.05) is 0 Å². The summed E-state index contributed by atoms with van der Waals surface area (Å²) in [6.07, 6.45) is 3.80. The molecule has 1 N–H and O–H groups in total. The lowest BCUT2D eigenvalue weighted by atomic mass is 10.4. The molecule has 0 aromatic carbocycles. The number of aryl methyl sites for hydroxylation is 2. The molecule has 1 heterocycles. The second-order valence-corrected chi connectivity index (χ2v) is 3.26. The summed E-state index contributed by atoms with van der Waals surface area (Å²) in [5, 5.41) is 2.69. The molecule has 0 saturated heterocycles. The molecule has 0 radical (unpaired) electrons. The highest BCUT2D eigenvalue weighted by molar-refractivity contribution is 5.75. The van der Waals surface area contributed by atoms with E-state index in [-0.39, 0.29) is 11.6 Å². The first-order valence-corrected chi connectivity index (χ1v) is 5.21. The van der Waals surface area contributed by atoms with Gasteiger partial charge in [0.1, 0.15) is 0 Å². The molecule has 0 aliphatic carbocycles. The second kappa shape index (κ2) is 5.38. The topological polar surface area (TPSA) is 56.0 Å². The second-order valence-electron chi connectivity index (χ2n) is 3.26. The van der Waals surface area contributed by atoms with Gasteiger partial charge in [-0.25, -0.2) is 4.79 Å². The maximum Gasteiger partial charge on any atom is 0.328 e. The highest BCUT2D eigenvalue weighted by Crippen LogP contribution is 1.89. The number of hydrogen-bond acceptors (Lipinski definition) is 2. The van der Waals surface area contributed by atoms with E-state index in [0.717, 1.165) is 0 Å². The Kier molecular flexibility index (Phi) is 4.15. The lowest BCUT2D eigenvalue weighted by molar-refractivity contribution is -0.121. The number of hydrogen-bond donors (Lipinski definition) is 1. The average Bonchev–Trinajstić information content (AvgIpc) is 2.57. The number of carbonyl (C=O) groups excluding carboxylic acids is 1. The van der Waals surface area contributed by atoms with Crippen LogP contribution < -0.4 is 11.0 Å². The first-order valence-electron chi connectivity index (χ1n) is 5.21. The number of imidazole rings is 1. The minimum absolute atomic E-state index is 0.0198. The van der Waals surface area contributed by atoms with Gasteiger partial charge in [-0.2, -0.15) is 0 Å². The van der Waals surface area contributed by atoms with Crippen LogP contribution in [-0.4, -0.2) is 21.6 Å². The quantitative estimate of drug-likeness (QED) is 0.756. The maximum absolute atomic E-state index is 11.6. The summed E-state index contributed by atoms with van der Waals surface area (Å²) in [5.74, 6) is -0.0198. The van der Waals surface area contributed by atoms with Gasteiger partial charge in [-0.15, -0.1) is 0 Å². The van der Waals surface area contributed by atoms with Crippen molar-refractivity contribution in [2.75, 3.05) is 6.54 Å². The molecule has 0 unspecified atom stereocenters. The summed E-state index contributed by atoms with van der Waals surface area (Å²) in [6.45, 7) is 5.52. The number of nitrogens with one attached hydrogen (secondary N) is 1. The van der Waals surface area contributed by atoms with E-state index in [9.17, 15) is 9.59 Å². The van der Waals surface area contributed by atoms with Crippen LogP contribution in [0.25, 0.3) is 0 Å². The molecule has 1 aromatic rings. The van der Waals surface area contributed by atoms with Gasteiger partial charge in [-0.05, 0) is 13.8 Å². The molecule has 1 amide bonds. The van der Waals surface area contributed by atoms with E-state index in [0.29, 0.717) is 26.1 Å². The summed E-state index contributed by atoms with van der Waals surface area (Å²) in [4.78, 5) is 22.7. The van der Waals surface area contributed by atoms with Crippen molar-refractivity contribution in [1.82, 2.24) is 14.5 Å². The van der Waals surface area contributed by atoms with E-state index >= 15 is 0 Å². The molecule has 0 bridgehead atoms. The predicted octanol–water partition coefficient (Wildman–Crippen LogP) is 0.196. The van der Waals surface area contributed by atoms with Gasteiger partial charge < -0.3 is 5.32 Å². The molecule has 5 nitrogen and oxygen atoms in total. The Hall–Kier alpha value is -1.52. The highest BCUT2D eigenvalue weighted by Gasteiger charge is 2.04. The number of aromatic nitrogens is 2. The Balaban J connectivity index is 2.54. The molecule has 0 saturated carbocycles. The molecule has 0 aliphatic rings. The minimum Gasteiger partial charge on any atom is -0.356 e. The van der Waals surface area contributed by atoms with Crippen molar-refractivity contribution in [2.24, 2.45) is 0 Å². The van der Waals surface area contributed by atoms with Crippen LogP contribution in [-0.2, 0) is 17.9 Å². The molecule has 1 aromatic heterocycles. The highest BCUT2D eigenvalue weighted by atomic mass is 16.2. The van der Waals surface area contributed by atoms with E-state index < -0.39 is 0 Å². The molecule has 84 valence electrons. The third kappa shape index (κ3) is 2.97. The standard InChI is InChI=1S/C10H17N3O2/c1-3-11-9(14)5-6-13-8-7-12(4-2)10(13)15/h7-8H,3-6H2,1-2H3,(H,11,14). The Morgan fingerprint density at radius 1 is 1.33 bits per heavy atom. The van der Waals surface area contributed by atoms with Gasteiger partial charge in [0.15, 0.2) is 0 Å². The van der Waals surface area contributed by atoms with Crippen molar-refractivity contribution >= 4 is 5.91 Å². The molecule has 0 atom stereocenters. The largest absolute Gasteiger partial charge is 0.356 e. The van der Waals surface area contributed by atoms with Crippen LogP contribution in [0.15, 0.2) is 17.2 Å². The van der Waals surface area contributed by atoms with Crippen molar-refractivity contribution in [2.45, 2.75) is 33.4 Å². The van der Waals surface area contributed by atoms with Gasteiger partial charge in [0.2, 0.25) is 5.91 Å². The van der Waals surface area contributed by atoms with Crippen molar-refractivity contribution in [3.8, 4) is 0 Å². The van der Waals surface area contributed by atoms with E-state index in [4.69, 9.17) is 0 Å². The van der Waals surface area contributed by atoms with Crippen molar-refractivity contribution < 1.29 is 4.79 Å². The number of carbonyl (C=O) groups is 1. The number of rotatable bonds is 5. The lowest BCUT2D eigenvalue weighted by Crippen LogP contribution is -2.28. The molecular weight excluding hydrogens is 194 g/mol. The Morgan fingerprint density at radius 2 is 2.00 bits per heavy atom. The Morgan fingerprint density at radius 3 is 2.53 bits per heavy atom. The van der Waals surface area contributed by atoms with Crippen molar-refractivity contribution in [3.63, 3.8) is 0 Å². The normalized spacial score (nSPS) is 10.3. The monoisotopic (exact) mass is 211 g/mol. The average molecular weight is 211 g/mol. The van der Waals surface area contributed by atoms with Gasteiger partial charge >= 0.3 is 5.69 Å². The van der Waals surface area contributed by atoms with E-state index in [1.807, 2.05) is 13.8 Å². The summed E-state index contributed by atoms with van der Waals surface area (Å²) < 4.78 is 3.16. The molecule has 0 aliphatic heterocycles. The van der Waals surface area contributed by atoms with E-state index in [1.165, 1.54) is 0 Å².